The van der Waals surface area contributed by atoms with Gasteiger partial charge in [0.2, 0.25) is 0 Å². The van der Waals surface area contributed by atoms with E-state index in [0.717, 1.165) is 0 Å². The van der Waals surface area contributed by atoms with Crippen molar-refractivity contribution in [2.75, 3.05) is 0 Å². The highest BCUT2D eigenvalue weighted by atomic mass is 16.6. The van der Waals surface area contributed by atoms with E-state index < -0.39 is 5.60 Å². The normalized spacial score (nSPS) is 11.3. The van der Waals surface area contributed by atoms with Crippen molar-refractivity contribution >= 4 is 5.97 Å². The fourth-order valence-electron chi connectivity index (χ4n) is 1.11. The molecule has 1 aromatic rings. The van der Waals surface area contributed by atoms with Crippen molar-refractivity contribution in [3.63, 3.8) is 0 Å². The molecule has 0 saturated carbocycles. The molecule has 0 fully saturated rings. The number of carbonyl (C=O) groups is 1. The van der Waals surface area contributed by atoms with Crippen molar-refractivity contribution < 1.29 is 14.3 Å². The van der Waals surface area contributed by atoms with Crippen LogP contribution in [0.3, 0.4) is 0 Å². The Morgan fingerprint density at radius 1 is 1.38 bits per heavy atom. The first kappa shape index (κ1) is 12.6. The van der Waals surface area contributed by atoms with Gasteiger partial charge in [-0.3, -0.25) is 0 Å². The molecule has 0 bridgehead atoms. The summed E-state index contributed by atoms with van der Waals surface area (Å²) in [7, 11) is 0. The van der Waals surface area contributed by atoms with Crippen LogP contribution in [-0.2, 0) is 9.53 Å². The van der Waals surface area contributed by atoms with Crippen LogP contribution in [0.5, 0.6) is 5.75 Å². The minimum absolute atomic E-state index is 0.143. The fraction of sp³-hybridized carbons (Fsp3) is 0.462. The monoisotopic (exact) mass is 221 g/mol. The summed E-state index contributed by atoms with van der Waals surface area (Å²) in [4.78, 5) is 11.7. The number of hydrogen-bond donors (Lipinski definition) is 0. The first-order valence-electron chi connectivity index (χ1n) is 5.28. The summed E-state index contributed by atoms with van der Waals surface area (Å²) < 4.78 is 10.6. The van der Waals surface area contributed by atoms with Crippen LogP contribution in [0.1, 0.15) is 27.7 Å². The molecule has 0 spiro atoms. The van der Waals surface area contributed by atoms with Gasteiger partial charge in [0.05, 0.1) is 6.10 Å². The second-order valence-electron chi connectivity index (χ2n) is 4.29. The summed E-state index contributed by atoms with van der Waals surface area (Å²) in [6, 6.07) is 10.1. The van der Waals surface area contributed by atoms with Crippen LogP contribution in [0.2, 0.25) is 0 Å². The summed E-state index contributed by atoms with van der Waals surface area (Å²) in [5, 5.41) is 0. The highest BCUT2D eigenvalue weighted by Crippen LogP contribution is 2.18. The third-order valence-electron chi connectivity index (χ3n) is 1.88. The van der Waals surface area contributed by atoms with Gasteiger partial charge in [0, 0.05) is 6.07 Å². The molecule has 87 valence electrons. The lowest BCUT2D eigenvalue weighted by molar-refractivity contribution is -0.163. The Morgan fingerprint density at radius 3 is 2.56 bits per heavy atom. The molecule has 0 atom stereocenters. The molecule has 3 nitrogen and oxygen atoms in total. The molecule has 0 N–H and O–H groups in total. The molecule has 0 amide bonds. The summed E-state index contributed by atoms with van der Waals surface area (Å²) in [6.45, 7) is 6.97. The Hall–Kier alpha value is -1.51. The number of para-hydroxylation sites is 1. The van der Waals surface area contributed by atoms with Gasteiger partial charge in [-0.2, -0.15) is 0 Å². The maximum Gasteiger partial charge on any atom is 0.350 e. The van der Waals surface area contributed by atoms with E-state index in [1.807, 2.05) is 26.0 Å². The van der Waals surface area contributed by atoms with Crippen LogP contribution >= 0.6 is 0 Å². The van der Waals surface area contributed by atoms with Crippen molar-refractivity contribution in [1.82, 2.24) is 0 Å². The van der Waals surface area contributed by atoms with E-state index in [4.69, 9.17) is 9.47 Å². The molecule has 1 radical (unpaired) electrons. The first-order chi connectivity index (χ1) is 7.42. The minimum Gasteiger partial charge on any atom is -0.476 e. The Bertz CT molecular complexity index is 341. The number of benzene rings is 1. The Morgan fingerprint density at radius 2 is 2.06 bits per heavy atom. The summed E-state index contributed by atoms with van der Waals surface area (Å²) in [6.07, 6.45) is -0.143. The highest BCUT2D eigenvalue weighted by Gasteiger charge is 2.32. The van der Waals surface area contributed by atoms with Gasteiger partial charge < -0.3 is 9.47 Å². The van der Waals surface area contributed by atoms with Crippen molar-refractivity contribution in [2.45, 2.75) is 39.4 Å². The highest BCUT2D eigenvalue weighted by molar-refractivity contribution is 5.79. The predicted molar refractivity (Wildman–Crippen MR) is 61.2 cm³/mol. The minimum atomic E-state index is -0.998. The number of esters is 1. The van der Waals surface area contributed by atoms with Crippen LogP contribution in [0, 0.1) is 6.07 Å². The molecule has 3 heteroatoms. The second kappa shape index (κ2) is 5.01. The summed E-state index contributed by atoms with van der Waals surface area (Å²) in [5.41, 5.74) is -0.998. The Kier molecular flexibility index (Phi) is 3.93. The molecule has 0 heterocycles. The van der Waals surface area contributed by atoms with Crippen LogP contribution in [0.25, 0.3) is 0 Å². The fourth-order valence-corrected chi connectivity index (χ4v) is 1.11. The van der Waals surface area contributed by atoms with Gasteiger partial charge in [-0.1, -0.05) is 18.2 Å². The van der Waals surface area contributed by atoms with Gasteiger partial charge in [0.15, 0.2) is 5.60 Å². The Balaban J connectivity index is 2.68. The number of ether oxygens (including phenoxy) is 2. The third-order valence-corrected chi connectivity index (χ3v) is 1.88. The van der Waals surface area contributed by atoms with E-state index in [1.54, 1.807) is 26.0 Å². The Labute approximate surface area is 96.4 Å². The smallest absolute Gasteiger partial charge is 0.350 e. The van der Waals surface area contributed by atoms with Gasteiger partial charge in [0.1, 0.15) is 5.75 Å². The van der Waals surface area contributed by atoms with Crippen LogP contribution in [-0.4, -0.2) is 17.7 Å². The molecular weight excluding hydrogens is 204 g/mol. The van der Waals surface area contributed by atoms with Crippen molar-refractivity contribution in [2.24, 2.45) is 0 Å². The van der Waals surface area contributed by atoms with Crippen molar-refractivity contribution in [1.29, 1.82) is 0 Å². The van der Waals surface area contributed by atoms with E-state index >= 15 is 0 Å². The van der Waals surface area contributed by atoms with Crippen LogP contribution in [0.4, 0.5) is 0 Å². The third kappa shape index (κ3) is 3.57. The zero-order valence-corrected chi connectivity index (χ0v) is 10.1. The number of rotatable bonds is 4. The average Bonchev–Trinajstić information content (AvgIpc) is 2.17. The molecule has 0 unspecified atom stereocenters. The molecule has 16 heavy (non-hydrogen) atoms. The summed E-state index contributed by atoms with van der Waals surface area (Å²) in [5.74, 6) is 0.160. The SMILES string of the molecule is CC(C)OC(=O)C(C)(C)Oc1[c]cccc1. The zero-order chi connectivity index (χ0) is 12.2. The number of carbonyl (C=O) groups excluding carboxylic acids is 1. The maximum absolute atomic E-state index is 11.7. The molecule has 0 saturated heterocycles. The molecule has 0 aliphatic heterocycles. The van der Waals surface area contributed by atoms with Gasteiger partial charge in [-0.15, -0.1) is 0 Å². The molecule has 1 aromatic carbocycles. The zero-order valence-electron chi connectivity index (χ0n) is 10.1. The van der Waals surface area contributed by atoms with Gasteiger partial charge in [-0.25, -0.2) is 4.79 Å². The van der Waals surface area contributed by atoms with Gasteiger partial charge in [-0.05, 0) is 33.8 Å². The van der Waals surface area contributed by atoms with E-state index in [-0.39, 0.29) is 12.1 Å². The lowest BCUT2D eigenvalue weighted by Crippen LogP contribution is -2.40. The quantitative estimate of drug-likeness (QED) is 0.733. The van der Waals surface area contributed by atoms with Gasteiger partial charge in [0.25, 0.3) is 0 Å². The lowest BCUT2D eigenvalue weighted by Gasteiger charge is -2.25. The van der Waals surface area contributed by atoms with E-state index in [2.05, 4.69) is 6.07 Å². The van der Waals surface area contributed by atoms with Gasteiger partial charge >= 0.3 is 5.97 Å². The molecule has 0 aromatic heterocycles. The van der Waals surface area contributed by atoms with E-state index in [1.165, 1.54) is 0 Å². The molecule has 0 aliphatic carbocycles. The molecule has 0 aliphatic rings. The summed E-state index contributed by atoms with van der Waals surface area (Å²) >= 11 is 0. The van der Waals surface area contributed by atoms with Crippen LogP contribution in [0.15, 0.2) is 24.3 Å². The van der Waals surface area contributed by atoms with Crippen molar-refractivity contribution in [3.05, 3.63) is 30.3 Å². The van der Waals surface area contributed by atoms with Crippen molar-refractivity contribution in [3.8, 4) is 5.75 Å². The average molecular weight is 221 g/mol. The maximum atomic E-state index is 11.7. The van der Waals surface area contributed by atoms with E-state index in [0.29, 0.717) is 5.75 Å². The van der Waals surface area contributed by atoms with E-state index in [9.17, 15) is 4.79 Å². The molecular formula is C13H17O3. The lowest BCUT2D eigenvalue weighted by atomic mass is 10.1. The second-order valence-corrected chi connectivity index (χ2v) is 4.29. The standard InChI is InChI=1S/C13H17O3/c1-10(2)15-12(14)13(3,4)16-11-8-6-5-7-9-11/h5-8,10H,1-4H3. The predicted octanol–water partition coefficient (Wildman–Crippen LogP) is 2.60. The first-order valence-corrected chi connectivity index (χ1v) is 5.28. The molecule has 1 rings (SSSR count). The largest absolute Gasteiger partial charge is 0.476 e. The topological polar surface area (TPSA) is 35.5 Å². The number of hydrogen-bond acceptors (Lipinski definition) is 3. The van der Waals surface area contributed by atoms with Crippen LogP contribution < -0.4 is 4.74 Å².